The fourth-order valence-corrected chi connectivity index (χ4v) is 3.27. The van der Waals surface area contributed by atoms with Crippen LogP contribution in [0.15, 0.2) is 87.5 Å². The van der Waals surface area contributed by atoms with Crippen LogP contribution in [0, 0.1) is 0 Å². The summed E-state index contributed by atoms with van der Waals surface area (Å²) in [7, 11) is 1.37. The van der Waals surface area contributed by atoms with Gasteiger partial charge in [-0.3, -0.25) is 4.79 Å². The minimum Gasteiger partial charge on any atom is -0.465 e. The molecule has 25 heavy (non-hydrogen) atoms. The van der Waals surface area contributed by atoms with E-state index < -0.39 is 0 Å². The number of benzene rings is 2. The number of esters is 1. The van der Waals surface area contributed by atoms with Gasteiger partial charge in [-0.2, -0.15) is 0 Å². The predicted octanol–water partition coefficient (Wildman–Crippen LogP) is 3.83. The van der Waals surface area contributed by atoms with Crippen molar-refractivity contribution < 1.29 is 9.53 Å². The van der Waals surface area contributed by atoms with Crippen molar-refractivity contribution in [2.75, 3.05) is 7.11 Å². The molecule has 0 spiro atoms. The van der Waals surface area contributed by atoms with E-state index in [9.17, 15) is 9.59 Å². The number of nitrogens with zero attached hydrogens (tertiary/aromatic N) is 1. The Morgan fingerprint density at radius 1 is 1.00 bits per heavy atom. The largest absolute Gasteiger partial charge is 0.465 e. The van der Waals surface area contributed by atoms with E-state index in [0.717, 1.165) is 15.4 Å². The minimum absolute atomic E-state index is 0.0134. The lowest BCUT2D eigenvalue weighted by Crippen LogP contribution is -2.18. The van der Waals surface area contributed by atoms with Crippen LogP contribution in [0.25, 0.3) is 0 Å². The Labute approximate surface area is 150 Å². The molecule has 0 saturated carbocycles. The van der Waals surface area contributed by atoms with Crippen LogP contribution in [0.5, 0.6) is 0 Å². The maximum Gasteiger partial charge on any atom is 0.337 e. The standard InChI is InChI=1S/C20H17NO3S/c1-24-20(23)16-5-4-6-18(13-16)25-17-10-8-15(9-11-17)14-21-12-3-2-7-19(21)22/h2-13H,14H2,1H3. The molecule has 0 amide bonds. The fraction of sp³-hybridized carbons (Fsp3) is 0.100. The lowest BCUT2D eigenvalue weighted by atomic mass is 10.2. The maximum absolute atomic E-state index is 11.8. The Hall–Kier alpha value is -2.79. The average molecular weight is 351 g/mol. The molecule has 0 atom stereocenters. The quantitative estimate of drug-likeness (QED) is 0.656. The van der Waals surface area contributed by atoms with Crippen molar-refractivity contribution in [2.45, 2.75) is 16.3 Å². The van der Waals surface area contributed by atoms with E-state index in [1.54, 1.807) is 40.7 Å². The third-order valence-electron chi connectivity index (χ3n) is 3.67. The number of ether oxygens (including phenoxy) is 1. The molecule has 0 aliphatic rings. The second-order valence-corrected chi connectivity index (χ2v) is 6.58. The number of rotatable bonds is 5. The molecule has 0 aliphatic carbocycles. The van der Waals surface area contributed by atoms with Crippen molar-refractivity contribution in [1.82, 2.24) is 4.57 Å². The van der Waals surface area contributed by atoms with Gasteiger partial charge >= 0.3 is 5.97 Å². The summed E-state index contributed by atoms with van der Waals surface area (Å²) in [4.78, 5) is 25.4. The normalized spacial score (nSPS) is 10.4. The number of pyridine rings is 1. The molecular weight excluding hydrogens is 334 g/mol. The van der Waals surface area contributed by atoms with Gasteiger partial charge in [-0.1, -0.05) is 36.0 Å². The van der Waals surface area contributed by atoms with Crippen LogP contribution in [-0.4, -0.2) is 17.6 Å². The zero-order valence-corrected chi connectivity index (χ0v) is 14.5. The van der Waals surface area contributed by atoms with Crippen LogP contribution in [-0.2, 0) is 11.3 Å². The summed E-state index contributed by atoms with van der Waals surface area (Å²) in [5.74, 6) is -0.342. The van der Waals surface area contributed by atoms with Gasteiger partial charge in [0, 0.05) is 22.1 Å². The lowest BCUT2D eigenvalue weighted by Gasteiger charge is -2.07. The molecule has 1 aromatic heterocycles. The Bertz CT molecular complexity index is 932. The van der Waals surface area contributed by atoms with Gasteiger partial charge in [-0.05, 0) is 42.0 Å². The summed E-state index contributed by atoms with van der Waals surface area (Å²) in [5, 5.41) is 0. The smallest absolute Gasteiger partial charge is 0.337 e. The molecule has 0 aliphatic heterocycles. The van der Waals surface area contributed by atoms with Gasteiger partial charge in [0.1, 0.15) is 0 Å². The molecule has 4 nitrogen and oxygen atoms in total. The van der Waals surface area contributed by atoms with E-state index >= 15 is 0 Å². The number of aromatic nitrogens is 1. The van der Waals surface area contributed by atoms with Crippen LogP contribution >= 0.6 is 11.8 Å². The first-order valence-electron chi connectivity index (χ1n) is 7.76. The van der Waals surface area contributed by atoms with Crippen LogP contribution in [0.3, 0.4) is 0 Å². The fourth-order valence-electron chi connectivity index (χ4n) is 2.39. The first kappa shape index (κ1) is 17.0. The summed E-state index contributed by atoms with van der Waals surface area (Å²) in [5.41, 5.74) is 1.58. The highest BCUT2D eigenvalue weighted by atomic mass is 32.2. The minimum atomic E-state index is -0.342. The molecule has 0 N–H and O–H groups in total. The highest BCUT2D eigenvalue weighted by Crippen LogP contribution is 2.28. The summed E-state index contributed by atoms with van der Waals surface area (Å²) >= 11 is 1.57. The Morgan fingerprint density at radius 3 is 2.52 bits per heavy atom. The zero-order chi connectivity index (χ0) is 17.6. The number of carbonyl (C=O) groups excluding carboxylic acids is 1. The van der Waals surface area contributed by atoms with Gasteiger partial charge in [0.25, 0.3) is 5.56 Å². The van der Waals surface area contributed by atoms with E-state index in [0.29, 0.717) is 12.1 Å². The molecular formula is C20H17NO3S. The molecule has 2 aromatic carbocycles. The van der Waals surface area contributed by atoms with Gasteiger partial charge in [0.15, 0.2) is 0 Å². The first-order valence-corrected chi connectivity index (χ1v) is 8.58. The first-order chi connectivity index (χ1) is 12.2. The zero-order valence-electron chi connectivity index (χ0n) is 13.7. The Balaban J connectivity index is 1.72. The molecule has 0 bridgehead atoms. The van der Waals surface area contributed by atoms with E-state index in [2.05, 4.69) is 0 Å². The van der Waals surface area contributed by atoms with Crippen LogP contribution in [0.2, 0.25) is 0 Å². The molecule has 5 heteroatoms. The maximum atomic E-state index is 11.8. The van der Waals surface area contributed by atoms with Gasteiger partial charge in [0.2, 0.25) is 0 Å². The summed E-state index contributed by atoms with van der Waals surface area (Å²) < 4.78 is 6.42. The molecule has 0 radical (unpaired) electrons. The second-order valence-electron chi connectivity index (χ2n) is 5.43. The monoisotopic (exact) mass is 351 g/mol. The van der Waals surface area contributed by atoms with Crippen molar-refractivity contribution in [1.29, 1.82) is 0 Å². The van der Waals surface area contributed by atoms with E-state index in [1.807, 2.05) is 48.5 Å². The predicted molar refractivity (Wildman–Crippen MR) is 98.2 cm³/mol. The number of hydrogen-bond acceptors (Lipinski definition) is 4. The van der Waals surface area contributed by atoms with E-state index in [1.165, 1.54) is 7.11 Å². The Kier molecular flexibility index (Phi) is 5.36. The number of hydrogen-bond donors (Lipinski definition) is 0. The second kappa shape index (κ2) is 7.85. The van der Waals surface area contributed by atoms with Crippen molar-refractivity contribution in [3.05, 3.63) is 94.4 Å². The van der Waals surface area contributed by atoms with Crippen LogP contribution in [0.4, 0.5) is 0 Å². The topological polar surface area (TPSA) is 48.3 Å². The molecule has 3 aromatic rings. The van der Waals surface area contributed by atoms with Gasteiger partial charge in [0.05, 0.1) is 19.2 Å². The van der Waals surface area contributed by atoms with Crippen molar-refractivity contribution in [2.24, 2.45) is 0 Å². The SMILES string of the molecule is COC(=O)c1cccc(Sc2ccc(Cn3ccccc3=O)cc2)c1. The van der Waals surface area contributed by atoms with Crippen molar-refractivity contribution in [3.8, 4) is 0 Å². The van der Waals surface area contributed by atoms with Gasteiger partial charge in [-0.25, -0.2) is 4.79 Å². The molecule has 0 unspecified atom stereocenters. The van der Waals surface area contributed by atoms with E-state index in [4.69, 9.17) is 4.74 Å². The average Bonchev–Trinajstić information content (AvgIpc) is 2.65. The van der Waals surface area contributed by atoms with Gasteiger partial charge < -0.3 is 9.30 Å². The molecule has 3 rings (SSSR count). The summed E-state index contributed by atoms with van der Waals surface area (Å²) in [6.07, 6.45) is 1.78. The molecule has 1 heterocycles. The number of methoxy groups -OCH3 is 1. The number of carbonyl (C=O) groups is 1. The van der Waals surface area contributed by atoms with Crippen molar-refractivity contribution in [3.63, 3.8) is 0 Å². The van der Waals surface area contributed by atoms with Crippen LogP contribution < -0.4 is 5.56 Å². The third-order valence-corrected chi connectivity index (χ3v) is 4.66. The van der Waals surface area contributed by atoms with Crippen molar-refractivity contribution >= 4 is 17.7 Å². The van der Waals surface area contributed by atoms with Crippen LogP contribution in [0.1, 0.15) is 15.9 Å². The van der Waals surface area contributed by atoms with Gasteiger partial charge in [-0.15, -0.1) is 0 Å². The highest BCUT2D eigenvalue weighted by Gasteiger charge is 2.06. The summed E-state index contributed by atoms with van der Waals surface area (Å²) in [6.45, 7) is 0.544. The highest BCUT2D eigenvalue weighted by molar-refractivity contribution is 7.99. The Morgan fingerprint density at radius 2 is 1.80 bits per heavy atom. The third kappa shape index (κ3) is 4.39. The molecule has 0 fully saturated rings. The van der Waals surface area contributed by atoms with E-state index in [-0.39, 0.29) is 11.5 Å². The molecule has 0 saturated heterocycles. The summed E-state index contributed by atoms with van der Waals surface area (Å²) in [6, 6.07) is 20.5. The lowest BCUT2D eigenvalue weighted by molar-refractivity contribution is 0.0600. The molecule has 126 valence electrons.